The predicted octanol–water partition coefficient (Wildman–Crippen LogP) is 5.78. The third kappa shape index (κ3) is 9.11. The van der Waals surface area contributed by atoms with E-state index < -0.39 is 0 Å². The molecular weight excluding hydrogens is 274 g/mol. The molecule has 0 aliphatic rings. The van der Waals surface area contributed by atoms with Crippen LogP contribution in [0.25, 0.3) is 0 Å². The van der Waals surface area contributed by atoms with Crippen molar-refractivity contribution in [2.24, 2.45) is 16.8 Å². The van der Waals surface area contributed by atoms with Crippen LogP contribution in [0.1, 0.15) is 40.2 Å². The molecule has 0 radical (unpaired) electrons. The molecule has 1 aromatic rings. The zero-order valence-electron chi connectivity index (χ0n) is 11.8. The van der Waals surface area contributed by atoms with E-state index in [0.29, 0.717) is 5.92 Å². The molecule has 1 aromatic carbocycles. The highest BCUT2D eigenvalue weighted by molar-refractivity contribution is 9.10. The minimum Gasteiger partial charge on any atom is -0.261 e. The quantitative estimate of drug-likeness (QED) is 0.614. The number of nitrogens with zero attached hydrogens (tertiary/aromatic N) is 1. The molecule has 0 bridgehead atoms. The fourth-order valence-corrected chi connectivity index (χ4v) is 1.47. The molecule has 0 aliphatic carbocycles. The van der Waals surface area contributed by atoms with Crippen LogP contribution in [0.15, 0.2) is 27.7 Å². The predicted molar refractivity (Wildman–Crippen MR) is 82.4 cm³/mol. The molecule has 0 heterocycles. The van der Waals surface area contributed by atoms with E-state index in [1.165, 1.54) is 5.56 Å². The Bertz CT molecular complexity index is 351. The molecule has 0 fully saturated rings. The van der Waals surface area contributed by atoms with E-state index in [1.54, 1.807) is 0 Å². The van der Waals surface area contributed by atoms with Gasteiger partial charge in [0.2, 0.25) is 0 Å². The first-order valence-corrected chi connectivity index (χ1v) is 6.92. The minimum atomic E-state index is 0.503. The number of halogens is 1. The zero-order valence-corrected chi connectivity index (χ0v) is 13.4. The van der Waals surface area contributed by atoms with Crippen molar-refractivity contribution < 1.29 is 0 Å². The molecule has 0 amide bonds. The van der Waals surface area contributed by atoms with E-state index in [-0.39, 0.29) is 0 Å². The van der Waals surface area contributed by atoms with Crippen molar-refractivity contribution in [2.45, 2.75) is 41.5 Å². The fourth-order valence-electron chi connectivity index (χ4n) is 0.993. The van der Waals surface area contributed by atoms with Gasteiger partial charge in [0.25, 0.3) is 0 Å². The van der Waals surface area contributed by atoms with Crippen LogP contribution in [0.4, 0.5) is 5.69 Å². The van der Waals surface area contributed by atoms with Crippen LogP contribution in [0.3, 0.4) is 0 Å². The molecule has 96 valence electrons. The molecule has 0 unspecified atom stereocenters. The van der Waals surface area contributed by atoms with Gasteiger partial charge in [0.05, 0.1) is 5.69 Å². The van der Waals surface area contributed by atoms with Crippen molar-refractivity contribution in [3.63, 3.8) is 0 Å². The van der Waals surface area contributed by atoms with Gasteiger partial charge in [-0.05, 0) is 42.5 Å². The van der Waals surface area contributed by atoms with Crippen LogP contribution >= 0.6 is 15.9 Å². The molecule has 0 saturated heterocycles. The lowest BCUT2D eigenvalue weighted by molar-refractivity contribution is 0.737. The van der Waals surface area contributed by atoms with Gasteiger partial charge in [-0.25, -0.2) is 0 Å². The Morgan fingerprint density at radius 3 is 2.06 bits per heavy atom. The number of hydrogen-bond donors (Lipinski definition) is 0. The van der Waals surface area contributed by atoms with Crippen LogP contribution < -0.4 is 0 Å². The van der Waals surface area contributed by atoms with Gasteiger partial charge in [-0.15, -0.1) is 0 Å². The average molecular weight is 298 g/mol. The van der Waals surface area contributed by atoms with Crippen molar-refractivity contribution in [2.75, 3.05) is 0 Å². The third-order valence-electron chi connectivity index (χ3n) is 1.67. The molecule has 1 nitrogen and oxygen atoms in total. The Morgan fingerprint density at radius 2 is 1.65 bits per heavy atom. The SMILES string of the molecule is CC(C)C.Cc1cc(Br)ccc1N=CC(C)C. The van der Waals surface area contributed by atoms with Crippen molar-refractivity contribution in [1.82, 2.24) is 0 Å². The maximum Gasteiger partial charge on any atom is 0.0655 e. The number of aryl methyl sites for hydroxylation is 1. The third-order valence-corrected chi connectivity index (χ3v) is 2.16. The number of hydrogen-bond acceptors (Lipinski definition) is 1. The molecule has 17 heavy (non-hydrogen) atoms. The van der Waals surface area contributed by atoms with E-state index >= 15 is 0 Å². The summed E-state index contributed by atoms with van der Waals surface area (Å²) in [7, 11) is 0. The maximum absolute atomic E-state index is 4.40. The molecular formula is C15H24BrN. The summed E-state index contributed by atoms with van der Waals surface area (Å²) >= 11 is 3.42. The van der Waals surface area contributed by atoms with Gasteiger partial charge in [0, 0.05) is 10.7 Å². The molecule has 0 spiro atoms. The second-order valence-corrected chi connectivity index (χ2v) is 6.10. The smallest absolute Gasteiger partial charge is 0.0655 e. The van der Waals surface area contributed by atoms with Gasteiger partial charge in [-0.1, -0.05) is 50.5 Å². The first kappa shape index (κ1) is 16.4. The molecule has 0 aromatic heterocycles. The van der Waals surface area contributed by atoms with Crippen molar-refractivity contribution >= 4 is 27.8 Å². The number of rotatable bonds is 2. The number of aliphatic imine (C=N–C) groups is 1. The minimum absolute atomic E-state index is 0.503. The van der Waals surface area contributed by atoms with Gasteiger partial charge >= 0.3 is 0 Å². The van der Waals surface area contributed by atoms with E-state index in [9.17, 15) is 0 Å². The standard InChI is InChI=1S/C11H14BrN.C4H10/c1-8(2)7-13-11-5-4-10(12)6-9(11)3;1-4(2)3/h4-8H,1-3H3;4H,1-3H3. The summed E-state index contributed by atoms with van der Waals surface area (Å²) in [4.78, 5) is 4.40. The lowest BCUT2D eigenvalue weighted by Crippen LogP contribution is -1.86. The fraction of sp³-hybridized carbons (Fsp3) is 0.533. The summed E-state index contributed by atoms with van der Waals surface area (Å²) in [5, 5.41) is 0. The van der Waals surface area contributed by atoms with E-state index in [4.69, 9.17) is 0 Å². The maximum atomic E-state index is 4.40. The molecule has 1 rings (SSSR count). The molecule has 2 heteroatoms. The lowest BCUT2D eigenvalue weighted by atomic mass is 10.2. The lowest BCUT2D eigenvalue weighted by Gasteiger charge is -2.00. The normalized spacial score (nSPS) is 10.9. The monoisotopic (exact) mass is 297 g/mol. The van der Waals surface area contributed by atoms with Crippen LogP contribution in [-0.4, -0.2) is 6.21 Å². The van der Waals surface area contributed by atoms with E-state index in [0.717, 1.165) is 16.1 Å². The Kier molecular flexibility index (Phi) is 8.15. The van der Waals surface area contributed by atoms with Crippen molar-refractivity contribution in [1.29, 1.82) is 0 Å². The molecule has 0 aliphatic heterocycles. The summed E-state index contributed by atoms with van der Waals surface area (Å²) in [6.07, 6.45) is 1.97. The molecule has 0 atom stereocenters. The van der Waals surface area contributed by atoms with Crippen LogP contribution in [0, 0.1) is 18.8 Å². The average Bonchev–Trinajstić information content (AvgIpc) is 2.15. The van der Waals surface area contributed by atoms with Gasteiger partial charge in [-0.2, -0.15) is 0 Å². The van der Waals surface area contributed by atoms with Gasteiger partial charge in [-0.3, -0.25) is 4.99 Å². The second-order valence-electron chi connectivity index (χ2n) is 5.19. The highest BCUT2D eigenvalue weighted by Gasteiger charge is 1.95. The van der Waals surface area contributed by atoms with Crippen LogP contribution in [0.5, 0.6) is 0 Å². The number of benzene rings is 1. The summed E-state index contributed by atoms with van der Waals surface area (Å²) in [5.41, 5.74) is 2.25. The Labute approximate surface area is 114 Å². The summed E-state index contributed by atoms with van der Waals surface area (Å²) in [6.45, 7) is 12.8. The Morgan fingerprint density at radius 1 is 1.12 bits per heavy atom. The van der Waals surface area contributed by atoms with E-state index in [2.05, 4.69) is 68.5 Å². The first-order valence-electron chi connectivity index (χ1n) is 6.13. The Balaban J connectivity index is 0.000000557. The van der Waals surface area contributed by atoms with Crippen molar-refractivity contribution in [3.05, 3.63) is 28.2 Å². The summed E-state index contributed by atoms with van der Waals surface area (Å²) in [6, 6.07) is 6.12. The van der Waals surface area contributed by atoms with Gasteiger partial charge in [0.15, 0.2) is 0 Å². The summed E-state index contributed by atoms with van der Waals surface area (Å²) < 4.78 is 1.11. The topological polar surface area (TPSA) is 12.4 Å². The Hall–Kier alpha value is -0.630. The van der Waals surface area contributed by atoms with Gasteiger partial charge < -0.3 is 0 Å². The highest BCUT2D eigenvalue weighted by Crippen LogP contribution is 2.22. The summed E-state index contributed by atoms with van der Waals surface area (Å²) in [5.74, 6) is 1.34. The zero-order chi connectivity index (χ0) is 13.4. The highest BCUT2D eigenvalue weighted by atomic mass is 79.9. The van der Waals surface area contributed by atoms with Gasteiger partial charge in [0.1, 0.15) is 0 Å². The largest absolute Gasteiger partial charge is 0.261 e. The first-order chi connectivity index (χ1) is 7.82. The molecule has 0 N–H and O–H groups in total. The van der Waals surface area contributed by atoms with Crippen molar-refractivity contribution in [3.8, 4) is 0 Å². The molecule has 0 saturated carbocycles. The van der Waals surface area contributed by atoms with Crippen LogP contribution in [-0.2, 0) is 0 Å². The second kappa shape index (κ2) is 8.46. The van der Waals surface area contributed by atoms with Crippen LogP contribution in [0.2, 0.25) is 0 Å². The van der Waals surface area contributed by atoms with E-state index in [1.807, 2.05) is 18.3 Å².